The van der Waals surface area contributed by atoms with Gasteiger partial charge in [0.2, 0.25) is 0 Å². The van der Waals surface area contributed by atoms with Gasteiger partial charge in [0, 0.05) is 17.8 Å². The molecule has 2 heterocycles. The van der Waals surface area contributed by atoms with Crippen molar-refractivity contribution in [2.24, 2.45) is 5.41 Å². The van der Waals surface area contributed by atoms with E-state index in [1.807, 2.05) is 4.90 Å². The molecule has 1 aromatic carbocycles. The number of halogens is 1. The van der Waals surface area contributed by atoms with Gasteiger partial charge in [-0.25, -0.2) is 4.39 Å². The predicted molar refractivity (Wildman–Crippen MR) is 85.1 cm³/mol. The normalized spacial score (nSPS) is 18.1. The molecule has 0 unspecified atom stereocenters. The lowest BCUT2D eigenvalue weighted by Gasteiger charge is -2.37. The number of nitrogen functional groups attached to an aromatic ring is 1. The van der Waals surface area contributed by atoms with E-state index < -0.39 is 0 Å². The summed E-state index contributed by atoms with van der Waals surface area (Å²) in [5, 5.41) is 0.377. The van der Waals surface area contributed by atoms with E-state index >= 15 is 0 Å². The first-order valence-corrected chi connectivity index (χ1v) is 7.96. The summed E-state index contributed by atoms with van der Waals surface area (Å²) in [7, 11) is 0. The van der Waals surface area contributed by atoms with Crippen molar-refractivity contribution in [3.8, 4) is 0 Å². The zero-order chi connectivity index (χ0) is 15.2. The highest BCUT2D eigenvalue weighted by Crippen LogP contribution is 2.37. The Morgan fingerprint density at radius 3 is 2.86 bits per heavy atom. The highest BCUT2D eigenvalue weighted by molar-refractivity contribution is 7.21. The topological polar surface area (TPSA) is 46.3 Å². The first kappa shape index (κ1) is 14.3. The number of rotatable bonds is 1. The van der Waals surface area contributed by atoms with Crippen LogP contribution in [0.4, 0.5) is 10.1 Å². The Bertz CT molecular complexity index is 708. The highest BCUT2D eigenvalue weighted by Gasteiger charge is 2.31. The monoisotopic (exact) mass is 306 g/mol. The van der Waals surface area contributed by atoms with Gasteiger partial charge >= 0.3 is 0 Å². The molecule has 0 aliphatic carbocycles. The maximum atomic E-state index is 13.9. The molecule has 0 atom stereocenters. The van der Waals surface area contributed by atoms with Crippen LogP contribution in [0.25, 0.3) is 10.1 Å². The van der Waals surface area contributed by atoms with Crippen molar-refractivity contribution in [2.75, 3.05) is 18.8 Å². The van der Waals surface area contributed by atoms with Crippen LogP contribution in [0, 0.1) is 11.2 Å². The summed E-state index contributed by atoms with van der Waals surface area (Å²) in [4.78, 5) is 15.0. The summed E-state index contributed by atoms with van der Waals surface area (Å²) < 4.78 is 14.6. The molecular weight excluding hydrogens is 287 g/mol. The summed E-state index contributed by atoms with van der Waals surface area (Å²) in [6.45, 7) is 5.81. The SMILES string of the molecule is CC1(C)CCCN(C(=O)c2sc3cccc(F)c3c2N)C1. The lowest BCUT2D eigenvalue weighted by molar-refractivity contribution is 0.0589. The molecule has 0 radical (unpaired) electrons. The fourth-order valence-corrected chi connectivity index (χ4v) is 4.13. The van der Waals surface area contributed by atoms with Crippen LogP contribution in [-0.4, -0.2) is 23.9 Å². The molecule has 1 aliphatic rings. The summed E-state index contributed by atoms with van der Waals surface area (Å²) >= 11 is 1.28. The minimum absolute atomic E-state index is 0.0686. The summed E-state index contributed by atoms with van der Waals surface area (Å²) in [5.41, 5.74) is 6.45. The molecule has 5 heteroatoms. The lowest BCUT2D eigenvalue weighted by atomic mass is 9.84. The number of hydrogen-bond donors (Lipinski definition) is 1. The van der Waals surface area contributed by atoms with Gasteiger partial charge in [-0.2, -0.15) is 0 Å². The second-order valence-electron chi connectivity index (χ2n) is 6.45. The van der Waals surface area contributed by atoms with Crippen LogP contribution in [0.1, 0.15) is 36.4 Å². The molecule has 1 saturated heterocycles. The minimum atomic E-state index is -0.362. The summed E-state index contributed by atoms with van der Waals surface area (Å²) in [5.74, 6) is -0.430. The van der Waals surface area contributed by atoms with Crippen molar-refractivity contribution in [2.45, 2.75) is 26.7 Å². The van der Waals surface area contributed by atoms with Gasteiger partial charge in [0.15, 0.2) is 0 Å². The standard InChI is InChI=1S/C16H19FN2OS/c1-16(2)7-4-8-19(9-16)15(20)14-13(18)12-10(17)5-3-6-11(12)21-14/h3,5-6H,4,7-9,18H2,1-2H3. The quantitative estimate of drug-likeness (QED) is 0.869. The molecule has 0 saturated carbocycles. The molecule has 1 aliphatic heterocycles. The largest absolute Gasteiger partial charge is 0.397 e. The van der Waals surface area contributed by atoms with Crippen LogP contribution >= 0.6 is 11.3 Å². The maximum Gasteiger partial charge on any atom is 0.266 e. The number of carbonyl (C=O) groups excluding carboxylic acids is 1. The van der Waals surface area contributed by atoms with Crippen molar-refractivity contribution in [3.63, 3.8) is 0 Å². The zero-order valence-electron chi connectivity index (χ0n) is 12.3. The Morgan fingerprint density at radius 1 is 1.43 bits per heavy atom. The van der Waals surface area contributed by atoms with E-state index in [0.29, 0.717) is 10.3 Å². The van der Waals surface area contributed by atoms with Crippen molar-refractivity contribution >= 4 is 33.0 Å². The van der Waals surface area contributed by atoms with E-state index in [0.717, 1.165) is 30.6 Å². The molecule has 1 aromatic heterocycles. The second kappa shape index (κ2) is 4.98. The average Bonchev–Trinajstić information content (AvgIpc) is 2.75. The van der Waals surface area contributed by atoms with Gasteiger partial charge in [-0.15, -0.1) is 11.3 Å². The molecule has 0 spiro atoms. The van der Waals surface area contributed by atoms with Crippen molar-refractivity contribution in [3.05, 3.63) is 28.9 Å². The van der Waals surface area contributed by atoms with Gasteiger partial charge in [0.05, 0.1) is 11.1 Å². The molecule has 1 fully saturated rings. The van der Waals surface area contributed by atoms with Crippen LogP contribution in [0.5, 0.6) is 0 Å². The Morgan fingerprint density at radius 2 is 2.19 bits per heavy atom. The van der Waals surface area contributed by atoms with Crippen molar-refractivity contribution in [1.29, 1.82) is 0 Å². The number of carbonyl (C=O) groups is 1. The fraction of sp³-hybridized carbons (Fsp3) is 0.438. The first-order valence-electron chi connectivity index (χ1n) is 7.15. The Balaban J connectivity index is 1.99. The van der Waals surface area contributed by atoms with E-state index in [-0.39, 0.29) is 22.8 Å². The third-order valence-electron chi connectivity index (χ3n) is 4.08. The molecule has 112 valence electrons. The number of benzene rings is 1. The Labute approximate surface area is 127 Å². The van der Waals surface area contributed by atoms with E-state index in [9.17, 15) is 9.18 Å². The van der Waals surface area contributed by atoms with Crippen LogP contribution in [-0.2, 0) is 0 Å². The number of nitrogens with zero attached hydrogens (tertiary/aromatic N) is 1. The third kappa shape index (κ3) is 2.50. The minimum Gasteiger partial charge on any atom is -0.397 e. The Kier molecular flexibility index (Phi) is 3.40. The second-order valence-corrected chi connectivity index (χ2v) is 7.50. The molecule has 1 amide bonds. The molecule has 3 nitrogen and oxygen atoms in total. The fourth-order valence-electron chi connectivity index (χ4n) is 3.03. The van der Waals surface area contributed by atoms with Crippen LogP contribution in [0.2, 0.25) is 0 Å². The van der Waals surface area contributed by atoms with Gasteiger partial charge in [-0.1, -0.05) is 19.9 Å². The van der Waals surface area contributed by atoms with Crippen molar-refractivity contribution in [1.82, 2.24) is 4.90 Å². The van der Waals surface area contributed by atoms with Crippen LogP contribution in [0.15, 0.2) is 18.2 Å². The van der Waals surface area contributed by atoms with Gasteiger partial charge in [-0.3, -0.25) is 4.79 Å². The molecule has 2 N–H and O–H groups in total. The summed E-state index contributed by atoms with van der Waals surface area (Å²) in [6.07, 6.45) is 2.12. The average molecular weight is 306 g/mol. The molecule has 2 aromatic rings. The van der Waals surface area contributed by atoms with Crippen molar-refractivity contribution < 1.29 is 9.18 Å². The van der Waals surface area contributed by atoms with Gasteiger partial charge < -0.3 is 10.6 Å². The van der Waals surface area contributed by atoms with Crippen LogP contribution in [0.3, 0.4) is 0 Å². The number of thiophene rings is 1. The van der Waals surface area contributed by atoms with E-state index in [1.54, 1.807) is 12.1 Å². The van der Waals surface area contributed by atoms with E-state index in [4.69, 9.17) is 5.73 Å². The molecular formula is C16H19FN2OS. The maximum absolute atomic E-state index is 13.9. The van der Waals surface area contributed by atoms with Gasteiger partial charge in [-0.05, 0) is 30.4 Å². The zero-order valence-corrected chi connectivity index (χ0v) is 13.1. The highest BCUT2D eigenvalue weighted by atomic mass is 32.1. The molecule has 3 rings (SSSR count). The Hall–Kier alpha value is -1.62. The van der Waals surface area contributed by atoms with Gasteiger partial charge in [0.1, 0.15) is 10.7 Å². The molecule has 0 bridgehead atoms. The number of amides is 1. The third-order valence-corrected chi connectivity index (χ3v) is 5.24. The number of fused-ring (bicyclic) bond motifs is 1. The smallest absolute Gasteiger partial charge is 0.266 e. The van der Waals surface area contributed by atoms with Crippen LogP contribution < -0.4 is 5.73 Å². The van der Waals surface area contributed by atoms with E-state index in [1.165, 1.54) is 17.4 Å². The summed E-state index contributed by atoms with van der Waals surface area (Å²) in [6, 6.07) is 4.83. The number of likely N-dealkylation sites (tertiary alicyclic amines) is 1. The number of hydrogen-bond acceptors (Lipinski definition) is 3. The van der Waals surface area contributed by atoms with Gasteiger partial charge in [0.25, 0.3) is 5.91 Å². The molecule has 21 heavy (non-hydrogen) atoms. The predicted octanol–water partition coefficient (Wildman–Crippen LogP) is 3.88. The number of anilines is 1. The first-order chi connectivity index (χ1) is 9.89. The van der Waals surface area contributed by atoms with E-state index in [2.05, 4.69) is 13.8 Å². The number of nitrogens with two attached hydrogens (primary N) is 1. The lowest BCUT2D eigenvalue weighted by Crippen LogP contribution is -2.43. The number of piperidine rings is 1.